The molecule has 7 nitrogen and oxygen atoms in total. The average molecular weight is 502 g/mol. The highest BCUT2D eigenvalue weighted by molar-refractivity contribution is 7.87. The summed E-state index contributed by atoms with van der Waals surface area (Å²) in [5.74, 6) is -1.76. The second kappa shape index (κ2) is 9.13. The Bertz CT molecular complexity index is 1480. The summed E-state index contributed by atoms with van der Waals surface area (Å²) in [5, 5.41) is 11.4. The first kappa shape index (κ1) is 23.6. The fourth-order valence-corrected chi connectivity index (χ4v) is 6.58. The highest BCUT2D eigenvalue weighted by atomic mass is 32.2. The maximum absolute atomic E-state index is 13.5. The quantitative estimate of drug-likeness (QED) is 0.366. The zero-order valence-electron chi connectivity index (χ0n) is 19.1. The number of para-hydroxylation sites is 1. The molecule has 36 heavy (non-hydrogen) atoms. The minimum atomic E-state index is -4.12. The summed E-state index contributed by atoms with van der Waals surface area (Å²) < 4.78 is 32.0. The number of hydrogen-bond donors (Lipinski definition) is 2. The van der Waals surface area contributed by atoms with Gasteiger partial charge in [0.1, 0.15) is 22.5 Å². The molecule has 3 atom stereocenters. The third-order valence-corrected chi connectivity index (χ3v) is 8.22. The zero-order chi connectivity index (χ0) is 25.4. The minimum Gasteiger partial charge on any atom is -0.508 e. The topological polar surface area (TPSA) is 110 Å². The average Bonchev–Trinajstić information content (AvgIpc) is 3.35. The van der Waals surface area contributed by atoms with Crippen LogP contribution in [-0.4, -0.2) is 30.5 Å². The van der Waals surface area contributed by atoms with Gasteiger partial charge in [-0.1, -0.05) is 49.0 Å². The number of phenols is 1. The molecule has 3 aromatic rings. The van der Waals surface area contributed by atoms with Crippen molar-refractivity contribution < 1.29 is 27.3 Å². The van der Waals surface area contributed by atoms with Crippen molar-refractivity contribution in [2.45, 2.75) is 11.7 Å². The Hall–Kier alpha value is -4.17. The third kappa shape index (κ3) is 4.20. The van der Waals surface area contributed by atoms with Crippen LogP contribution in [0.5, 0.6) is 11.5 Å². The SMILES string of the molecule is C=CC(=O)Nc1ccc(C2=C(c3ccc(O)cc3)C3C(=O)C2CC3S(=O)(=O)Oc2ccccc2)cc1. The van der Waals surface area contributed by atoms with Gasteiger partial charge in [-0.05, 0) is 71.2 Å². The van der Waals surface area contributed by atoms with E-state index in [9.17, 15) is 23.1 Å². The number of Topliss-reactive ketones (excluding diaryl/α,β-unsaturated/α-hetero) is 1. The molecule has 0 saturated heterocycles. The number of anilines is 1. The van der Waals surface area contributed by atoms with Crippen molar-refractivity contribution in [2.75, 3.05) is 5.32 Å². The van der Waals surface area contributed by atoms with E-state index in [2.05, 4.69) is 11.9 Å². The van der Waals surface area contributed by atoms with Crippen molar-refractivity contribution >= 4 is 38.6 Å². The summed E-state index contributed by atoms with van der Waals surface area (Å²) >= 11 is 0. The first-order valence-electron chi connectivity index (χ1n) is 11.4. The summed E-state index contributed by atoms with van der Waals surface area (Å²) in [6.07, 6.45) is 1.29. The molecule has 0 aromatic heterocycles. The number of nitrogens with one attached hydrogen (secondary N) is 1. The first-order valence-corrected chi connectivity index (χ1v) is 12.8. The number of fused-ring (bicyclic) bond motifs is 2. The Labute approximate surface area is 208 Å². The number of allylic oxidation sites excluding steroid dienone is 2. The molecule has 0 heterocycles. The van der Waals surface area contributed by atoms with E-state index in [0.717, 1.165) is 11.1 Å². The maximum Gasteiger partial charge on any atom is 0.313 e. The van der Waals surface area contributed by atoms with E-state index < -0.39 is 27.2 Å². The highest BCUT2D eigenvalue weighted by Gasteiger charge is 2.58. The van der Waals surface area contributed by atoms with Crippen LogP contribution < -0.4 is 9.50 Å². The number of rotatable bonds is 7. The van der Waals surface area contributed by atoms with Crippen LogP contribution in [0.25, 0.3) is 11.1 Å². The second-order valence-electron chi connectivity index (χ2n) is 8.74. The van der Waals surface area contributed by atoms with Crippen molar-refractivity contribution in [1.82, 2.24) is 0 Å². The van der Waals surface area contributed by atoms with E-state index in [0.29, 0.717) is 16.8 Å². The summed E-state index contributed by atoms with van der Waals surface area (Å²) in [5.41, 5.74) is 3.36. The van der Waals surface area contributed by atoms with Crippen LogP contribution in [0.1, 0.15) is 17.5 Å². The van der Waals surface area contributed by atoms with Crippen LogP contribution in [0.4, 0.5) is 5.69 Å². The molecule has 1 saturated carbocycles. The zero-order valence-corrected chi connectivity index (χ0v) is 19.9. The van der Waals surface area contributed by atoms with Crippen molar-refractivity contribution in [2.24, 2.45) is 11.8 Å². The molecule has 2 aliphatic carbocycles. The lowest BCUT2D eigenvalue weighted by atomic mass is 9.83. The van der Waals surface area contributed by atoms with Crippen LogP contribution in [-0.2, 0) is 19.7 Å². The van der Waals surface area contributed by atoms with Gasteiger partial charge in [0, 0.05) is 11.6 Å². The van der Waals surface area contributed by atoms with Crippen LogP contribution in [0.2, 0.25) is 0 Å². The molecule has 8 heteroatoms. The Morgan fingerprint density at radius 2 is 1.56 bits per heavy atom. The molecular weight excluding hydrogens is 478 g/mol. The maximum atomic E-state index is 13.5. The number of carbonyl (C=O) groups is 2. The van der Waals surface area contributed by atoms with Crippen molar-refractivity contribution in [3.05, 3.63) is 103 Å². The molecule has 3 aromatic carbocycles. The summed E-state index contributed by atoms with van der Waals surface area (Å²) in [7, 11) is -4.12. The molecule has 3 unspecified atom stereocenters. The number of amides is 1. The monoisotopic (exact) mass is 501 g/mol. The van der Waals surface area contributed by atoms with Gasteiger partial charge in [-0.2, -0.15) is 8.42 Å². The number of carbonyl (C=O) groups excluding carboxylic acids is 2. The number of phenolic OH excluding ortho intramolecular Hbond substituents is 1. The molecule has 0 spiro atoms. The number of benzene rings is 3. The molecule has 2 N–H and O–H groups in total. The number of ketones is 1. The largest absolute Gasteiger partial charge is 0.508 e. The summed E-state index contributed by atoms with van der Waals surface area (Å²) in [4.78, 5) is 25.1. The van der Waals surface area contributed by atoms with E-state index in [1.807, 2.05) is 0 Å². The lowest BCUT2D eigenvalue weighted by Crippen LogP contribution is -2.32. The molecule has 2 aliphatic rings. The molecule has 1 amide bonds. The van der Waals surface area contributed by atoms with Crippen LogP contribution in [0.3, 0.4) is 0 Å². The van der Waals surface area contributed by atoms with Crippen LogP contribution >= 0.6 is 0 Å². The van der Waals surface area contributed by atoms with Gasteiger partial charge in [-0.25, -0.2) is 0 Å². The van der Waals surface area contributed by atoms with Gasteiger partial charge in [0.2, 0.25) is 5.91 Å². The van der Waals surface area contributed by atoms with E-state index >= 15 is 0 Å². The van der Waals surface area contributed by atoms with Crippen LogP contribution in [0, 0.1) is 11.8 Å². The Balaban J connectivity index is 1.57. The van der Waals surface area contributed by atoms with Gasteiger partial charge in [-0.3, -0.25) is 9.59 Å². The lowest BCUT2D eigenvalue weighted by molar-refractivity contribution is -0.120. The Morgan fingerprint density at radius 1 is 0.944 bits per heavy atom. The predicted molar refractivity (Wildman–Crippen MR) is 137 cm³/mol. The Kier molecular flexibility index (Phi) is 5.97. The van der Waals surface area contributed by atoms with Crippen molar-refractivity contribution in [3.8, 4) is 11.5 Å². The molecule has 2 bridgehead atoms. The molecule has 182 valence electrons. The summed E-state index contributed by atoms with van der Waals surface area (Å²) in [6, 6.07) is 21.6. The van der Waals surface area contributed by atoms with Gasteiger partial charge in [0.15, 0.2) is 0 Å². The number of hydrogen-bond acceptors (Lipinski definition) is 6. The van der Waals surface area contributed by atoms with Gasteiger partial charge < -0.3 is 14.6 Å². The van der Waals surface area contributed by atoms with Crippen LogP contribution in [0.15, 0.2) is 91.5 Å². The smallest absolute Gasteiger partial charge is 0.313 e. The van der Waals surface area contributed by atoms with E-state index in [4.69, 9.17) is 4.18 Å². The molecule has 0 radical (unpaired) electrons. The normalized spacial score (nSPS) is 20.9. The molecule has 1 fully saturated rings. The highest BCUT2D eigenvalue weighted by Crippen LogP contribution is 2.56. The lowest BCUT2D eigenvalue weighted by Gasteiger charge is -2.26. The van der Waals surface area contributed by atoms with Crippen molar-refractivity contribution in [1.29, 1.82) is 0 Å². The summed E-state index contributed by atoms with van der Waals surface area (Å²) in [6.45, 7) is 3.44. The molecular formula is C28H23NO6S. The number of aromatic hydroxyl groups is 1. The first-order chi connectivity index (χ1) is 17.3. The van der Waals surface area contributed by atoms with E-state index in [1.165, 1.54) is 18.2 Å². The van der Waals surface area contributed by atoms with E-state index in [1.54, 1.807) is 66.7 Å². The third-order valence-electron chi connectivity index (χ3n) is 6.59. The van der Waals surface area contributed by atoms with Gasteiger partial charge in [0.25, 0.3) is 0 Å². The van der Waals surface area contributed by atoms with E-state index in [-0.39, 0.29) is 29.6 Å². The van der Waals surface area contributed by atoms with Gasteiger partial charge in [-0.15, -0.1) is 0 Å². The fraction of sp³-hybridized carbons (Fsp3) is 0.143. The molecule has 0 aliphatic heterocycles. The standard InChI is InChI=1S/C28H23NO6S/c1-2-24(31)29-19-12-8-17(9-13-19)25-22-16-23(36(33,34)35-21-6-4-3-5-7-21)27(28(22)32)26(25)18-10-14-20(30)15-11-18/h2-15,22-23,27,30H,1,16H2,(H,29,31). The predicted octanol–water partition coefficient (Wildman–Crippen LogP) is 4.42. The fourth-order valence-electron chi connectivity index (χ4n) is 5.04. The van der Waals surface area contributed by atoms with Crippen molar-refractivity contribution in [3.63, 3.8) is 0 Å². The molecule has 5 rings (SSSR count). The van der Waals surface area contributed by atoms with Gasteiger partial charge in [0.05, 0.1) is 5.92 Å². The second-order valence-corrected chi connectivity index (χ2v) is 10.5. The van der Waals surface area contributed by atoms with Gasteiger partial charge >= 0.3 is 10.1 Å². The minimum absolute atomic E-state index is 0.0641. The Morgan fingerprint density at radius 3 is 2.19 bits per heavy atom.